The summed E-state index contributed by atoms with van der Waals surface area (Å²) in [4.78, 5) is 0. The highest BCUT2D eigenvalue weighted by Gasteiger charge is 2.24. The lowest BCUT2D eigenvalue weighted by atomic mass is 10.3. The van der Waals surface area contributed by atoms with Gasteiger partial charge in [-0.2, -0.15) is 0 Å². The second-order valence-electron chi connectivity index (χ2n) is 3.33. The molecule has 0 amide bonds. The van der Waals surface area contributed by atoms with Crippen LogP contribution in [-0.2, 0) is 10.0 Å². The van der Waals surface area contributed by atoms with Crippen LogP contribution in [0.5, 0.6) is 11.5 Å². The van der Waals surface area contributed by atoms with Crippen LogP contribution in [0.4, 0.5) is 0 Å². The summed E-state index contributed by atoms with van der Waals surface area (Å²) in [6.07, 6.45) is -0.533. The summed E-state index contributed by atoms with van der Waals surface area (Å²) in [5.74, 6) is 0.946. The van der Waals surface area contributed by atoms with E-state index >= 15 is 0 Å². The molecule has 6 heteroatoms. The van der Waals surface area contributed by atoms with E-state index in [0.717, 1.165) is 0 Å². The average Bonchev–Trinajstić information content (AvgIpc) is 2.15. The van der Waals surface area contributed by atoms with E-state index in [1.807, 2.05) is 6.07 Å². The van der Waals surface area contributed by atoms with Crippen molar-refractivity contribution in [3.05, 3.63) is 24.3 Å². The van der Waals surface area contributed by atoms with Gasteiger partial charge < -0.3 is 9.47 Å². The van der Waals surface area contributed by atoms with E-state index in [-0.39, 0.29) is 12.4 Å². The Hall–Kier alpha value is -1.27. The SMILES string of the molecule is NS(=O)(=O)CC1COc2ccccc2O1. The maximum Gasteiger partial charge on any atom is 0.212 e. The summed E-state index contributed by atoms with van der Waals surface area (Å²) in [6, 6.07) is 7.11. The lowest BCUT2D eigenvalue weighted by Crippen LogP contribution is -2.37. The highest BCUT2D eigenvalue weighted by molar-refractivity contribution is 7.89. The van der Waals surface area contributed by atoms with Crippen LogP contribution < -0.4 is 14.6 Å². The standard InChI is InChI=1S/C9H11NO4S/c10-15(11,12)6-7-5-13-8-3-1-2-4-9(8)14-7/h1-4,7H,5-6H2,(H2,10,11,12). The molecule has 1 unspecified atom stereocenters. The Morgan fingerprint density at radius 3 is 2.67 bits per heavy atom. The first-order chi connectivity index (χ1) is 7.04. The first-order valence-corrected chi connectivity index (χ1v) is 6.15. The molecule has 0 bridgehead atoms. The average molecular weight is 229 g/mol. The lowest BCUT2D eigenvalue weighted by Gasteiger charge is -2.25. The second kappa shape index (κ2) is 3.71. The van der Waals surface area contributed by atoms with Gasteiger partial charge in [-0.05, 0) is 12.1 Å². The molecule has 0 aliphatic carbocycles. The fourth-order valence-electron chi connectivity index (χ4n) is 1.40. The number of hydrogen-bond donors (Lipinski definition) is 1. The maximum absolute atomic E-state index is 10.9. The van der Waals surface area contributed by atoms with Gasteiger partial charge in [-0.1, -0.05) is 12.1 Å². The fraction of sp³-hybridized carbons (Fsp3) is 0.333. The summed E-state index contributed by atoms with van der Waals surface area (Å²) >= 11 is 0. The Morgan fingerprint density at radius 2 is 2.00 bits per heavy atom. The molecule has 1 heterocycles. The Balaban J connectivity index is 2.12. The molecule has 1 aliphatic heterocycles. The topological polar surface area (TPSA) is 78.6 Å². The van der Waals surface area contributed by atoms with E-state index in [4.69, 9.17) is 14.6 Å². The molecule has 1 aromatic carbocycles. The fourth-order valence-corrected chi connectivity index (χ4v) is 2.09. The summed E-state index contributed by atoms with van der Waals surface area (Å²) in [5, 5.41) is 4.92. The third-order valence-electron chi connectivity index (χ3n) is 1.99. The van der Waals surface area contributed by atoms with Crippen LogP contribution in [0, 0.1) is 0 Å². The largest absolute Gasteiger partial charge is 0.486 e. The number of primary sulfonamides is 1. The van der Waals surface area contributed by atoms with Crippen LogP contribution in [0.2, 0.25) is 0 Å². The van der Waals surface area contributed by atoms with Gasteiger partial charge in [0.15, 0.2) is 11.5 Å². The summed E-state index contributed by atoms with van der Waals surface area (Å²) in [6.45, 7) is 0.202. The minimum atomic E-state index is -3.53. The van der Waals surface area contributed by atoms with Crippen LogP contribution >= 0.6 is 0 Å². The molecule has 2 N–H and O–H groups in total. The van der Waals surface area contributed by atoms with Gasteiger partial charge in [0.05, 0.1) is 0 Å². The summed E-state index contributed by atoms with van der Waals surface area (Å²) < 4.78 is 32.5. The molecular formula is C9H11NO4S. The van der Waals surface area contributed by atoms with Crippen molar-refractivity contribution in [2.24, 2.45) is 5.14 Å². The summed E-state index contributed by atoms with van der Waals surface area (Å²) in [7, 11) is -3.53. The normalized spacial score (nSPS) is 19.9. The van der Waals surface area contributed by atoms with E-state index in [1.165, 1.54) is 0 Å². The maximum atomic E-state index is 10.9. The molecule has 1 aromatic rings. The van der Waals surface area contributed by atoms with Crippen molar-refractivity contribution in [1.29, 1.82) is 0 Å². The first kappa shape index (κ1) is 10.3. The number of benzene rings is 1. The molecule has 0 saturated heterocycles. The highest BCUT2D eigenvalue weighted by atomic mass is 32.2. The predicted molar refractivity (Wildman–Crippen MR) is 54.3 cm³/mol. The minimum absolute atomic E-state index is 0.202. The van der Waals surface area contributed by atoms with Gasteiger partial charge in [0, 0.05) is 0 Å². The third kappa shape index (κ3) is 2.60. The van der Waals surface area contributed by atoms with Crippen molar-refractivity contribution in [2.45, 2.75) is 6.10 Å². The van der Waals surface area contributed by atoms with Crippen LogP contribution in [0.15, 0.2) is 24.3 Å². The quantitative estimate of drug-likeness (QED) is 0.781. The molecule has 15 heavy (non-hydrogen) atoms. The number of rotatable bonds is 2. The van der Waals surface area contributed by atoms with Crippen molar-refractivity contribution >= 4 is 10.0 Å². The number of hydrogen-bond acceptors (Lipinski definition) is 4. The molecule has 0 fully saturated rings. The predicted octanol–water partition coefficient (Wildman–Crippen LogP) is 0.115. The van der Waals surface area contributed by atoms with Crippen molar-refractivity contribution in [3.63, 3.8) is 0 Å². The van der Waals surface area contributed by atoms with Crippen LogP contribution in [0.1, 0.15) is 0 Å². The number of ether oxygens (including phenoxy) is 2. The minimum Gasteiger partial charge on any atom is -0.486 e. The number of fused-ring (bicyclic) bond motifs is 1. The Morgan fingerprint density at radius 1 is 1.33 bits per heavy atom. The summed E-state index contributed by atoms with van der Waals surface area (Å²) in [5.41, 5.74) is 0. The molecule has 1 atom stereocenters. The number of sulfonamides is 1. The van der Waals surface area contributed by atoms with Gasteiger partial charge in [-0.3, -0.25) is 0 Å². The molecule has 0 spiro atoms. The zero-order chi connectivity index (χ0) is 10.9. The zero-order valence-electron chi connectivity index (χ0n) is 7.92. The molecule has 2 rings (SSSR count). The van der Waals surface area contributed by atoms with Gasteiger partial charge in [-0.15, -0.1) is 0 Å². The van der Waals surface area contributed by atoms with Crippen molar-refractivity contribution in [3.8, 4) is 11.5 Å². The molecule has 0 radical (unpaired) electrons. The number of nitrogens with two attached hydrogens (primary N) is 1. The first-order valence-electron chi connectivity index (χ1n) is 4.43. The monoisotopic (exact) mass is 229 g/mol. The second-order valence-corrected chi connectivity index (χ2v) is 4.99. The van der Waals surface area contributed by atoms with E-state index in [2.05, 4.69) is 0 Å². The Labute approximate surface area is 87.8 Å². The van der Waals surface area contributed by atoms with Crippen molar-refractivity contribution in [1.82, 2.24) is 0 Å². The van der Waals surface area contributed by atoms with Crippen molar-refractivity contribution in [2.75, 3.05) is 12.4 Å². The Kier molecular flexibility index (Phi) is 2.54. The van der Waals surface area contributed by atoms with Gasteiger partial charge in [0.25, 0.3) is 0 Å². The molecule has 82 valence electrons. The van der Waals surface area contributed by atoms with Crippen molar-refractivity contribution < 1.29 is 17.9 Å². The van der Waals surface area contributed by atoms with Gasteiger partial charge in [0.1, 0.15) is 18.5 Å². The molecule has 5 nitrogen and oxygen atoms in total. The van der Waals surface area contributed by atoms with E-state index in [0.29, 0.717) is 11.5 Å². The van der Waals surface area contributed by atoms with E-state index in [1.54, 1.807) is 18.2 Å². The van der Waals surface area contributed by atoms with Crippen LogP contribution in [0.25, 0.3) is 0 Å². The zero-order valence-corrected chi connectivity index (χ0v) is 8.74. The third-order valence-corrected chi connectivity index (χ3v) is 2.82. The highest BCUT2D eigenvalue weighted by Crippen LogP contribution is 2.30. The smallest absolute Gasteiger partial charge is 0.212 e. The van der Waals surface area contributed by atoms with Gasteiger partial charge in [0.2, 0.25) is 10.0 Å². The molecule has 0 aromatic heterocycles. The van der Waals surface area contributed by atoms with Crippen LogP contribution in [0.3, 0.4) is 0 Å². The van der Waals surface area contributed by atoms with E-state index in [9.17, 15) is 8.42 Å². The number of para-hydroxylation sites is 2. The van der Waals surface area contributed by atoms with Gasteiger partial charge >= 0.3 is 0 Å². The molecular weight excluding hydrogens is 218 g/mol. The van der Waals surface area contributed by atoms with Crippen LogP contribution in [-0.4, -0.2) is 26.9 Å². The Bertz CT molecular complexity index is 457. The molecule has 1 aliphatic rings. The van der Waals surface area contributed by atoms with Gasteiger partial charge in [-0.25, -0.2) is 13.6 Å². The van der Waals surface area contributed by atoms with E-state index < -0.39 is 16.1 Å². The lowest BCUT2D eigenvalue weighted by molar-refractivity contribution is 0.106. The molecule has 0 saturated carbocycles.